The normalized spacial score (nSPS) is 30.5. The van der Waals surface area contributed by atoms with Crippen molar-refractivity contribution in [3.05, 3.63) is 6.92 Å². The van der Waals surface area contributed by atoms with Gasteiger partial charge in [-0.3, -0.25) is 0 Å². The smallest absolute Gasteiger partial charge is 0.157 e. The third kappa shape index (κ3) is 3.11. The highest BCUT2D eigenvalue weighted by atomic mass is 16.7. The van der Waals surface area contributed by atoms with Gasteiger partial charge in [-0.2, -0.15) is 0 Å². The van der Waals surface area contributed by atoms with Crippen molar-refractivity contribution in [2.24, 2.45) is 5.92 Å². The Balaban J connectivity index is 2.09. The summed E-state index contributed by atoms with van der Waals surface area (Å²) in [6.45, 7) is 9.20. The number of hydrogen-bond acceptors (Lipinski definition) is 2. The Morgan fingerprint density at radius 2 is 2.00 bits per heavy atom. The van der Waals surface area contributed by atoms with Crippen LogP contribution in [-0.4, -0.2) is 19.5 Å². The van der Waals surface area contributed by atoms with Crippen molar-refractivity contribution in [1.82, 2.24) is 0 Å². The molecule has 0 aromatic heterocycles. The largest absolute Gasteiger partial charge is 0.352 e. The van der Waals surface area contributed by atoms with Crippen molar-refractivity contribution in [3.8, 4) is 0 Å². The molecule has 12 heavy (non-hydrogen) atoms. The van der Waals surface area contributed by atoms with E-state index < -0.39 is 0 Å². The van der Waals surface area contributed by atoms with E-state index in [0.717, 1.165) is 19.6 Å². The van der Waals surface area contributed by atoms with Gasteiger partial charge in [-0.05, 0) is 26.2 Å². The van der Waals surface area contributed by atoms with Crippen molar-refractivity contribution in [2.45, 2.75) is 38.9 Å². The standard InChI is InChI=1S/C10H18O2/c1-3-5-6-10-11-7-9(4-2)8-12-10/h2,9-10H,3-8H2,1H3. The summed E-state index contributed by atoms with van der Waals surface area (Å²) < 4.78 is 11.0. The molecule has 0 aromatic rings. The first-order chi connectivity index (χ1) is 5.86. The van der Waals surface area contributed by atoms with Crippen LogP contribution in [0.1, 0.15) is 32.6 Å². The van der Waals surface area contributed by atoms with E-state index in [2.05, 4.69) is 6.92 Å². The van der Waals surface area contributed by atoms with E-state index in [4.69, 9.17) is 16.4 Å². The fourth-order valence-electron chi connectivity index (χ4n) is 1.26. The summed E-state index contributed by atoms with van der Waals surface area (Å²) in [5, 5.41) is 0. The highest BCUT2D eigenvalue weighted by Crippen LogP contribution is 2.17. The van der Waals surface area contributed by atoms with Crippen LogP contribution in [0.25, 0.3) is 0 Å². The summed E-state index contributed by atoms with van der Waals surface area (Å²) in [7, 11) is 0. The van der Waals surface area contributed by atoms with Crippen LogP contribution in [0.2, 0.25) is 0 Å². The zero-order valence-corrected chi connectivity index (χ0v) is 7.79. The molecule has 0 aliphatic carbocycles. The first-order valence-corrected chi connectivity index (χ1v) is 4.80. The van der Waals surface area contributed by atoms with Crippen LogP contribution < -0.4 is 0 Å². The van der Waals surface area contributed by atoms with Crippen molar-refractivity contribution in [2.75, 3.05) is 13.2 Å². The number of unbranched alkanes of at least 4 members (excludes halogenated alkanes) is 1. The van der Waals surface area contributed by atoms with E-state index in [9.17, 15) is 0 Å². The van der Waals surface area contributed by atoms with Crippen LogP contribution in [0.5, 0.6) is 0 Å². The van der Waals surface area contributed by atoms with E-state index in [-0.39, 0.29) is 6.29 Å². The Morgan fingerprint density at radius 3 is 2.50 bits per heavy atom. The van der Waals surface area contributed by atoms with E-state index in [1.54, 1.807) is 0 Å². The molecular weight excluding hydrogens is 152 g/mol. The van der Waals surface area contributed by atoms with Gasteiger partial charge in [0.05, 0.1) is 13.2 Å². The molecule has 1 saturated heterocycles. The lowest BCUT2D eigenvalue weighted by Gasteiger charge is -2.28. The lowest BCUT2D eigenvalue weighted by molar-refractivity contribution is -0.202. The second-order valence-corrected chi connectivity index (χ2v) is 3.34. The molecule has 0 aromatic carbocycles. The Morgan fingerprint density at radius 1 is 1.33 bits per heavy atom. The average Bonchev–Trinajstić information content (AvgIpc) is 2.15. The molecule has 70 valence electrons. The van der Waals surface area contributed by atoms with Gasteiger partial charge in [0, 0.05) is 5.92 Å². The van der Waals surface area contributed by atoms with Crippen molar-refractivity contribution in [1.29, 1.82) is 0 Å². The minimum absolute atomic E-state index is 0.0350. The second kappa shape index (κ2) is 5.55. The minimum atomic E-state index is 0.0350. The van der Waals surface area contributed by atoms with Crippen LogP contribution in [0.15, 0.2) is 0 Å². The molecule has 0 N–H and O–H groups in total. The van der Waals surface area contributed by atoms with Gasteiger partial charge >= 0.3 is 0 Å². The third-order valence-corrected chi connectivity index (χ3v) is 2.16. The van der Waals surface area contributed by atoms with E-state index >= 15 is 0 Å². The summed E-state index contributed by atoms with van der Waals surface area (Å²) in [4.78, 5) is 0. The molecule has 0 unspecified atom stereocenters. The van der Waals surface area contributed by atoms with Gasteiger partial charge in [0.1, 0.15) is 0 Å². The Bertz CT molecular complexity index is 106. The third-order valence-electron chi connectivity index (χ3n) is 2.16. The van der Waals surface area contributed by atoms with Crippen LogP contribution in [0.4, 0.5) is 0 Å². The zero-order valence-electron chi connectivity index (χ0n) is 7.79. The van der Waals surface area contributed by atoms with Gasteiger partial charge < -0.3 is 9.47 Å². The van der Waals surface area contributed by atoms with Crippen molar-refractivity contribution < 1.29 is 9.47 Å². The molecule has 1 aliphatic rings. The number of ether oxygens (including phenoxy) is 2. The molecule has 0 atom stereocenters. The molecule has 2 nitrogen and oxygen atoms in total. The number of rotatable bonds is 4. The first-order valence-electron chi connectivity index (χ1n) is 4.80. The molecule has 1 heterocycles. The highest BCUT2D eigenvalue weighted by molar-refractivity contribution is 4.63. The van der Waals surface area contributed by atoms with Gasteiger partial charge in [-0.25, -0.2) is 0 Å². The van der Waals surface area contributed by atoms with E-state index in [0.29, 0.717) is 12.3 Å². The van der Waals surface area contributed by atoms with Crippen LogP contribution in [0.3, 0.4) is 0 Å². The van der Waals surface area contributed by atoms with E-state index in [1.165, 1.54) is 12.8 Å². The maximum atomic E-state index is 5.49. The molecule has 1 aliphatic heterocycles. The fraction of sp³-hybridized carbons (Fsp3) is 0.900. The molecule has 2 radical (unpaired) electrons. The fourth-order valence-corrected chi connectivity index (χ4v) is 1.26. The Hall–Kier alpha value is -0.0800. The molecule has 0 spiro atoms. The molecular formula is C10H18O2. The summed E-state index contributed by atoms with van der Waals surface area (Å²) in [5.41, 5.74) is 0. The number of hydrogen-bond donors (Lipinski definition) is 0. The Kier molecular flexibility index (Phi) is 4.62. The topological polar surface area (TPSA) is 18.5 Å². The van der Waals surface area contributed by atoms with E-state index in [1.807, 2.05) is 0 Å². The van der Waals surface area contributed by atoms with Gasteiger partial charge in [0.2, 0.25) is 0 Å². The SMILES string of the molecule is [CH]CC1COC(CCCC)OC1. The first kappa shape index (κ1) is 10.0. The molecule has 1 fully saturated rings. The van der Waals surface area contributed by atoms with Crippen molar-refractivity contribution in [3.63, 3.8) is 0 Å². The van der Waals surface area contributed by atoms with Gasteiger partial charge in [-0.15, -0.1) is 0 Å². The Labute approximate surface area is 75.2 Å². The molecule has 0 bridgehead atoms. The highest BCUT2D eigenvalue weighted by Gasteiger charge is 2.19. The lowest BCUT2D eigenvalue weighted by Crippen LogP contribution is -2.31. The molecule has 0 saturated carbocycles. The maximum absolute atomic E-state index is 5.49. The van der Waals surface area contributed by atoms with Gasteiger partial charge in [0.15, 0.2) is 6.29 Å². The summed E-state index contributed by atoms with van der Waals surface area (Å²) >= 11 is 0. The van der Waals surface area contributed by atoms with Gasteiger partial charge in [0.25, 0.3) is 0 Å². The zero-order chi connectivity index (χ0) is 8.81. The van der Waals surface area contributed by atoms with Crippen LogP contribution >= 0.6 is 0 Å². The molecule has 2 heteroatoms. The predicted octanol–water partition coefficient (Wildman–Crippen LogP) is 2.27. The second-order valence-electron chi connectivity index (χ2n) is 3.34. The quantitative estimate of drug-likeness (QED) is 0.644. The summed E-state index contributed by atoms with van der Waals surface area (Å²) in [6.07, 6.45) is 4.10. The van der Waals surface area contributed by atoms with Crippen LogP contribution in [-0.2, 0) is 9.47 Å². The minimum Gasteiger partial charge on any atom is -0.352 e. The predicted molar refractivity (Wildman–Crippen MR) is 47.6 cm³/mol. The van der Waals surface area contributed by atoms with Gasteiger partial charge in [-0.1, -0.05) is 13.3 Å². The molecule has 0 amide bonds. The monoisotopic (exact) mass is 170 g/mol. The van der Waals surface area contributed by atoms with Crippen LogP contribution in [0, 0.1) is 12.8 Å². The molecule has 1 rings (SSSR count). The summed E-state index contributed by atoms with van der Waals surface area (Å²) in [6, 6.07) is 0. The maximum Gasteiger partial charge on any atom is 0.157 e. The van der Waals surface area contributed by atoms with Crippen molar-refractivity contribution >= 4 is 0 Å². The average molecular weight is 170 g/mol. The lowest BCUT2D eigenvalue weighted by atomic mass is 10.1. The summed E-state index contributed by atoms with van der Waals surface area (Å²) in [5.74, 6) is 0.405.